The summed E-state index contributed by atoms with van der Waals surface area (Å²) in [6.45, 7) is 2.07. The van der Waals surface area contributed by atoms with Crippen LogP contribution in [-0.4, -0.2) is 5.84 Å². The fourth-order valence-corrected chi connectivity index (χ4v) is 1.67. The van der Waals surface area contributed by atoms with Gasteiger partial charge in [0, 0.05) is 6.42 Å². The second-order valence-electron chi connectivity index (χ2n) is 3.45. The third-order valence-electron chi connectivity index (χ3n) is 2.42. The van der Waals surface area contributed by atoms with E-state index in [0.717, 1.165) is 18.5 Å². The van der Waals surface area contributed by atoms with Gasteiger partial charge in [0.25, 0.3) is 0 Å². The van der Waals surface area contributed by atoms with Gasteiger partial charge in [-0.1, -0.05) is 17.7 Å². The summed E-state index contributed by atoms with van der Waals surface area (Å²) in [4.78, 5) is 0. The Morgan fingerprint density at radius 2 is 2.15 bits per heavy atom. The molecule has 0 saturated carbocycles. The second-order valence-corrected chi connectivity index (χ2v) is 3.45. The number of hydrazine groups is 1. The molecule has 1 aromatic rings. The van der Waals surface area contributed by atoms with Crippen molar-refractivity contribution in [1.29, 1.82) is 5.41 Å². The maximum absolute atomic E-state index is 7.58. The number of hydrogen-bond donors (Lipinski definition) is 2. The minimum Gasteiger partial charge on any atom is -0.287 e. The number of anilines is 1. The summed E-state index contributed by atoms with van der Waals surface area (Å²) in [5.74, 6) is 6.25. The molecule has 0 aliphatic carbocycles. The maximum Gasteiger partial charge on any atom is 0.115 e. The number of nitrogens with zero attached hydrogens (tertiary/aromatic N) is 1. The predicted molar refractivity (Wildman–Crippen MR) is 53.9 cm³/mol. The first-order chi connectivity index (χ1) is 6.18. The highest BCUT2D eigenvalue weighted by Gasteiger charge is 2.18. The topological polar surface area (TPSA) is 53.1 Å². The zero-order valence-electron chi connectivity index (χ0n) is 7.67. The maximum atomic E-state index is 7.58. The molecule has 1 aromatic carbocycles. The van der Waals surface area contributed by atoms with Crippen LogP contribution in [0.15, 0.2) is 18.2 Å². The molecule has 3 nitrogen and oxygen atoms in total. The molecule has 0 unspecified atom stereocenters. The molecule has 13 heavy (non-hydrogen) atoms. The molecular weight excluding hydrogens is 162 g/mol. The van der Waals surface area contributed by atoms with E-state index in [2.05, 4.69) is 13.0 Å². The van der Waals surface area contributed by atoms with Crippen LogP contribution in [-0.2, 0) is 6.42 Å². The monoisotopic (exact) mass is 175 g/mol. The van der Waals surface area contributed by atoms with E-state index in [1.165, 1.54) is 16.1 Å². The third-order valence-corrected chi connectivity index (χ3v) is 2.42. The molecule has 0 aromatic heterocycles. The van der Waals surface area contributed by atoms with Crippen LogP contribution in [0.1, 0.15) is 17.5 Å². The van der Waals surface area contributed by atoms with Gasteiger partial charge < -0.3 is 0 Å². The van der Waals surface area contributed by atoms with Gasteiger partial charge in [-0.15, -0.1) is 0 Å². The molecule has 0 spiro atoms. The smallest absolute Gasteiger partial charge is 0.115 e. The molecule has 0 fully saturated rings. The van der Waals surface area contributed by atoms with E-state index in [-0.39, 0.29) is 0 Å². The van der Waals surface area contributed by atoms with E-state index in [4.69, 9.17) is 11.3 Å². The van der Waals surface area contributed by atoms with Crippen LogP contribution in [0.5, 0.6) is 0 Å². The van der Waals surface area contributed by atoms with Gasteiger partial charge in [0.05, 0.1) is 5.69 Å². The fourth-order valence-electron chi connectivity index (χ4n) is 1.67. The van der Waals surface area contributed by atoms with Crippen molar-refractivity contribution in [3.05, 3.63) is 29.3 Å². The zero-order chi connectivity index (χ0) is 9.42. The number of aryl methyl sites for hydroxylation is 2. The fraction of sp³-hybridized carbons (Fsp3) is 0.300. The van der Waals surface area contributed by atoms with Gasteiger partial charge in [0.15, 0.2) is 0 Å². The predicted octanol–water partition coefficient (Wildman–Crippen LogP) is 1.60. The van der Waals surface area contributed by atoms with Gasteiger partial charge in [0.2, 0.25) is 0 Å². The first kappa shape index (κ1) is 8.26. The van der Waals surface area contributed by atoms with Crippen LogP contribution in [0.25, 0.3) is 0 Å². The Balaban J connectivity index is 2.49. The Morgan fingerprint density at radius 1 is 1.38 bits per heavy atom. The lowest BCUT2D eigenvalue weighted by atomic mass is 10.0. The molecule has 1 heterocycles. The molecule has 0 saturated heterocycles. The minimum absolute atomic E-state index is 0.497. The van der Waals surface area contributed by atoms with Crippen LogP contribution < -0.4 is 10.9 Å². The van der Waals surface area contributed by atoms with Crippen molar-refractivity contribution in [3.63, 3.8) is 0 Å². The number of amidine groups is 1. The highest BCUT2D eigenvalue weighted by molar-refractivity contribution is 5.97. The minimum atomic E-state index is 0.497. The van der Waals surface area contributed by atoms with Crippen molar-refractivity contribution >= 4 is 11.5 Å². The molecule has 0 radical (unpaired) electrons. The summed E-state index contributed by atoms with van der Waals surface area (Å²) in [5.41, 5.74) is 3.47. The van der Waals surface area contributed by atoms with Gasteiger partial charge in [-0.2, -0.15) is 0 Å². The van der Waals surface area contributed by atoms with Gasteiger partial charge >= 0.3 is 0 Å². The highest BCUT2D eigenvalue weighted by Crippen LogP contribution is 2.26. The molecule has 0 atom stereocenters. The van der Waals surface area contributed by atoms with Crippen molar-refractivity contribution in [3.8, 4) is 0 Å². The van der Waals surface area contributed by atoms with Crippen LogP contribution in [0.4, 0.5) is 5.69 Å². The Labute approximate surface area is 77.6 Å². The second kappa shape index (κ2) is 2.85. The van der Waals surface area contributed by atoms with Crippen molar-refractivity contribution in [2.75, 3.05) is 5.01 Å². The first-order valence-electron chi connectivity index (χ1n) is 4.40. The van der Waals surface area contributed by atoms with E-state index in [1.54, 1.807) is 0 Å². The Hall–Kier alpha value is -1.35. The van der Waals surface area contributed by atoms with Gasteiger partial charge in [-0.3, -0.25) is 10.4 Å². The van der Waals surface area contributed by atoms with Crippen molar-refractivity contribution < 1.29 is 0 Å². The summed E-state index contributed by atoms with van der Waals surface area (Å²) < 4.78 is 0. The van der Waals surface area contributed by atoms with Crippen molar-refractivity contribution in [2.24, 2.45) is 5.84 Å². The van der Waals surface area contributed by atoms with Crippen LogP contribution >= 0.6 is 0 Å². The normalized spacial score (nSPS) is 15.8. The summed E-state index contributed by atoms with van der Waals surface area (Å²) >= 11 is 0. The summed E-state index contributed by atoms with van der Waals surface area (Å²) in [5, 5.41) is 9.05. The van der Waals surface area contributed by atoms with E-state index in [0.29, 0.717) is 5.84 Å². The lowest BCUT2D eigenvalue weighted by Crippen LogP contribution is -2.40. The SMILES string of the molecule is Cc1ccc2c(c1)CCC(=N)N2N. The number of nitrogens with one attached hydrogen (secondary N) is 1. The molecule has 0 amide bonds. The molecule has 1 aliphatic heterocycles. The molecule has 1 aliphatic rings. The van der Waals surface area contributed by atoms with E-state index in [1.807, 2.05) is 12.1 Å². The third kappa shape index (κ3) is 1.31. The van der Waals surface area contributed by atoms with E-state index >= 15 is 0 Å². The van der Waals surface area contributed by atoms with Crippen LogP contribution in [0.2, 0.25) is 0 Å². The van der Waals surface area contributed by atoms with E-state index in [9.17, 15) is 0 Å². The zero-order valence-corrected chi connectivity index (χ0v) is 7.67. The highest BCUT2D eigenvalue weighted by atomic mass is 15.4. The first-order valence-corrected chi connectivity index (χ1v) is 4.40. The number of benzene rings is 1. The van der Waals surface area contributed by atoms with Gasteiger partial charge in [-0.05, 0) is 25.0 Å². The van der Waals surface area contributed by atoms with Gasteiger partial charge in [0.1, 0.15) is 5.84 Å². The summed E-state index contributed by atoms with van der Waals surface area (Å²) in [6, 6.07) is 6.15. The average molecular weight is 175 g/mol. The lowest BCUT2D eigenvalue weighted by molar-refractivity contribution is 0.913. The summed E-state index contributed by atoms with van der Waals surface area (Å²) in [6.07, 6.45) is 1.68. The Kier molecular flexibility index (Phi) is 1.81. The standard InChI is InChI=1S/C10H13N3/c1-7-2-4-9-8(6-7)3-5-10(11)13(9)12/h2,4,6,11H,3,5,12H2,1H3. The van der Waals surface area contributed by atoms with Crippen LogP contribution in [0, 0.1) is 12.3 Å². The van der Waals surface area contributed by atoms with Crippen LogP contribution in [0.3, 0.4) is 0 Å². The van der Waals surface area contributed by atoms with Gasteiger partial charge in [-0.25, -0.2) is 5.84 Å². The molecule has 3 heteroatoms. The average Bonchev–Trinajstić information content (AvgIpc) is 2.12. The number of rotatable bonds is 0. The number of fused-ring (bicyclic) bond motifs is 1. The molecule has 3 N–H and O–H groups in total. The Bertz CT molecular complexity index is 357. The van der Waals surface area contributed by atoms with E-state index < -0.39 is 0 Å². The molecule has 2 rings (SSSR count). The number of nitrogens with two attached hydrogens (primary N) is 1. The Morgan fingerprint density at radius 3 is 2.92 bits per heavy atom. The van der Waals surface area contributed by atoms with Crippen molar-refractivity contribution in [2.45, 2.75) is 19.8 Å². The number of hydrogen-bond acceptors (Lipinski definition) is 2. The van der Waals surface area contributed by atoms with Crippen molar-refractivity contribution in [1.82, 2.24) is 0 Å². The molecule has 0 bridgehead atoms. The lowest BCUT2D eigenvalue weighted by Gasteiger charge is -2.27. The molecular formula is C10H13N3. The largest absolute Gasteiger partial charge is 0.287 e. The molecule has 68 valence electrons. The quantitative estimate of drug-likeness (QED) is 0.588. The summed E-state index contributed by atoms with van der Waals surface area (Å²) in [7, 11) is 0.